The van der Waals surface area contributed by atoms with Gasteiger partial charge in [-0.05, 0) is 24.2 Å². The Bertz CT molecular complexity index is 479. The SMILES string of the molecule is CC12CCC(C(=CC(=O)NC(N)=O)C1=O)C2(C)C. The van der Waals surface area contributed by atoms with Crippen molar-refractivity contribution in [1.29, 1.82) is 0 Å². The molecule has 0 aromatic carbocycles. The first-order chi connectivity index (χ1) is 8.20. The van der Waals surface area contributed by atoms with Crippen LogP contribution in [0.15, 0.2) is 11.6 Å². The summed E-state index contributed by atoms with van der Waals surface area (Å²) in [7, 11) is 0. The molecule has 2 aliphatic carbocycles. The number of imide groups is 1. The Morgan fingerprint density at radius 2 is 2.00 bits per heavy atom. The Balaban J connectivity index is 2.33. The van der Waals surface area contributed by atoms with Gasteiger partial charge in [-0.1, -0.05) is 20.8 Å². The number of urea groups is 1. The number of allylic oxidation sites excluding steroid dienone is 1. The Hall–Kier alpha value is -1.65. The maximum Gasteiger partial charge on any atom is 0.319 e. The molecule has 5 nitrogen and oxygen atoms in total. The number of carbonyl (C=O) groups excluding carboxylic acids is 3. The second-order valence-electron chi connectivity index (χ2n) is 5.93. The molecule has 3 N–H and O–H groups in total. The minimum atomic E-state index is -0.905. The lowest BCUT2D eigenvalue weighted by Gasteiger charge is -2.31. The van der Waals surface area contributed by atoms with Gasteiger partial charge in [0.15, 0.2) is 5.78 Å². The second kappa shape index (κ2) is 3.67. The fourth-order valence-electron chi connectivity index (χ4n) is 3.39. The summed E-state index contributed by atoms with van der Waals surface area (Å²) in [5.74, 6) is -0.491. The molecule has 2 atom stereocenters. The first-order valence-electron chi connectivity index (χ1n) is 6.07. The molecule has 0 aliphatic heterocycles. The van der Waals surface area contributed by atoms with E-state index < -0.39 is 17.4 Å². The number of nitrogens with two attached hydrogens (primary N) is 1. The highest BCUT2D eigenvalue weighted by atomic mass is 16.2. The van der Waals surface area contributed by atoms with Gasteiger partial charge in [-0.2, -0.15) is 0 Å². The zero-order chi connectivity index (χ0) is 13.7. The molecule has 0 radical (unpaired) electrons. The van der Waals surface area contributed by atoms with Crippen LogP contribution in [0, 0.1) is 16.7 Å². The van der Waals surface area contributed by atoms with Gasteiger partial charge >= 0.3 is 6.03 Å². The van der Waals surface area contributed by atoms with Crippen LogP contribution in [-0.2, 0) is 9.59 Å². The van der Waals surface area contributed by atoms with E-state index >= 15 is 0 Å². The molecule has 2 bridgehead atoms. The molecule has 18 heavy (non-hydrogen) atoms. The van der Waals surface area contributed by atoms with E-state index in [4.69, 9.17) is 5.73 Å². The lowest BCUT2D eigenvalue weighted by molar-refractivity contribution is -0.125. The number of carbonyl (C=O) groups is 3. The van der Waals surface area contributed by atoms with Crippen LogP contribution < -0.4 is 11.1 Å². The molecule has 0 aromatic heterocycles. The van der Waals surface area contributed by atoms with Crippen molar-refractivity contribution in [1.82, 2.24) is 5.32 Å². The van der Waals surface area contributed by atoms with Crippen LogP contribution >= 0.6 is 0 Å². The van der Waals surface area contributed by atoms with Crippen molar-refractivity contribution in [2.75, 3.05) is 0 Å². The van der Waals surface area contributed by atoms with E-state index in [1.54, 1.807) is 0 Å². The maximum absolute atomic E-state index is 12.4. The zero-order valence-electron chi connectivity index (χ0n) is 10.9. The van der Waals surface area contributed by atoms with E-state index in [-0.39, 0.29) is 17.1 Å². The zero-order valence-corrected chi connectivity index (χ0v) is 10.9. The van der Waals surface area contributed by atoms with E-state index in [1.165, 1.54) is 6.08 Å². The number of Topliss-reactive ketones (excluding diaryl/α,β-unsaturated/α-hetero) is 1. The van der Waals surface area contributed by atoms with Gasteiger partial charge in [0, 0.05) is 17.1 Å². The van der Waals surface area contributed by atoms with Gasteiger partial charge in [-0.15, -0.1) is 0 Å². The van der Waals surface area contributed by atoms with E-state index in [1.807, 2.05) is 12.2 Å². The molecule has 2 fully saturated rings. The lowest BCUT2D eigenvalue weighted by Crippen LogP contribution is -2.35. The smallest absolute Gasteiger partial charge is 0.319 e. The summed E-state index contributed by atoms with van der Waals surface area (Å²) >= 11 is 0. The number of hydrogen-bond acceptors (Lipinski definition) is 3. The number of amides is 3. The van der Waals surface area contributed by atoms with Gasteiger partial charge in [0.2, 0.25) is 0 Å². The first kappa shape index (κ1) is 12.8. The predicted molar refractivity (Wildman–Crippen MR) is 65.4 cm³/mol. The van der Waals surface area contributed by atoms with Crippen LogP contribution in [0.1, 0.15) is 33.6 Å². The third kappa shape index (κ3) is 1.50. The maximum atomic E-state index is 12.4. The molecular weight excluding hydrogens is 232 g/mol. The minimum Gasteiger partial charge on any atom is -0.351 e. The molecule has 2 rings (SSSR count). The van der Waals surface area contributed by atoms with Crippen molar-refractivity contribution in [3.8, 4) is 0 Å². The lowest BCUT2D eigenvalue weighted by atomic mass is 9.70. The second-order valence-corrected chi connectivity index (χ2v) is 5.93. The van der Waals surface area contributed by atoms with E-state index in [0.29, 0.717) is 5.57 Å². The van der Waals surface area contributed by atoms with Crippen molar-refractivity contribution in [2.45, 2.75) is 33.6 Å². The molecule has 0 spiro atoms. The fraction of sp³-hybridized carbons (Fsp3) is 0.615. The van der Waals surface area contributed by atoms with Crippen LogP contribution in [-0.4, -0.2) is 17.7 Å². The molecular formula is C13H18N2O3. The molecule has 0 saturated heterocycles. The van der Waals surface area contributed by atoms with Crippen LogP contribution in [0.5, 0.6) is 0 Å². The predicted octanol–water partition coefficient (Wildman–Crippen LogP) is 1.13. The Labute approximate surface area is 106 Å². The standard InChI is InChI=1S/C13H18N2O3/c1-12(2)8-4-5-13(12,3)10(17)7(8)6-9(16)15-11(14)18/h6,8H,4-5H2,1-3H3,(H3,14,15,16,18). The van der Waals surface area contributed by atoms with Crippen LogP contribution in [0.2, 0.25) is 0 Å². The number of fused-ring (bicyclic) bond motifs is 2. The summed E-state index contributed by atoms with van der Waals surface area (Å²) in [6.45, 7) is 6.09. The highest BCUT2D eigenvalue weighted by molar-refractivity contribution is 6.10. The highest BCUT2D eigenvalue weighted by Gasteiger charge is 2.63. The van der Waals surface area contributed by atoms with Crippen LogP contribution in [0.25, 0.3) is 0 Å². The monoisotopic (exact) mass is 250 g/mol. The van der Waals surface area contributed by atoms with Gasteiger partial charge in [0.1, 0.15) is 0 Å². The topological polar surface area (TPSA) is 89.3 Å². The third-order valence-electron chi connectivity index (χ3n) is 4.90. The molecule has 3 amide bonds. The van der Waals surface area contributed by atoms with Gasteiger partial charge in [0.05, 0.1) is 0 Å². The van der Waals surface area contributed by atoms with Crippen molar-refractivity contribution in [3.05, 3.63) is 11.6 Å². The Morgan fingerprint density at radius 3 is 2.44 bits per heavy atom. The third-order valence-corrected chi connectivity index (χ3v) is 4.90. The summed E-state index contributed by atoms with van der Waals surface area (Å²) in [5, 5.41) is 1.96. The minimum absolute atomic E-state index is 0.0309. The molecule has 98 valence electrons. The highest BCUT2D eigenvalue weighted by Crippen LogP contribution is 2.65. The molecule has 2 unspecified atom stereocenters. The summed E-state index contributed by atoms with van der Waals surface area (Å²) < 4.78 is 0. The Kier molecular flexibility index (Phi) is 2.61. The summed E-state index contributed by atoms with van der Waals surface area (Å²) in [4.78, 5) is 34.5. The van der Waals surface area contributed by atoms with Crippen molar-refractivity contribution in [3.63, 3.8) is 0 Å². The molecule has 5 heteroatoms. The van der Waals surface area contributed by atoms with E-state index in [0.717, 1.165) is 12.8 Å². The average Bonchev–Trinajstić information content (AvgIpc) is 2.52. The van der Waals surface area contributed by atoms with E-state index in [2.05, 4.69) is 13.8 Å². The quantitative estimate of drug-likeness (QED) is 0.684. The fourth-order valence-corrected chi connectivity index (χ4v) is 3.39. The largest absolute Gasteiger partial charge is 0.351 e. The molecule has 2 saturated carbocycles. The summed E-state index contributed by atoms with van der Waals surface area (Å²) in [5.41, 5.74) is 4.88. The molecule has 0 aromatic rings. The van der Waals surface area contributed by atoms with E-state index in [9.17, 15) is 14.4 Å². The first-order valence-corrected chi connectivity index (χ1v) is 6.07. The summed E-state index contributed by atoms with van der Waals surface area (Å²) in [6, 6.07) is -0.905. The molecule has 0 heterocycles. The van der Waals surface area contributed by atoms with Crippen molar-refractivity contribution in [2.24, 2.45) is 22.5 Å². The van der Waals surface area contributed by atoms with Gasteiger partial charge in [-0.3, -0.25) is 14.9 Å². The number of hydrogen-bond donors (Lipinski definition) is 2. The average molecular weight is 250 g/mol. The van der Waals surface area contributed by atoms with Gasteiger partial charge < -0.3 is 5.73 Å². The van der Waals surface area contributed by atoms with Gasteiger partial charge in [-0.25, -0.2) is 4.79 Å². The number of primary amides is 1. The Morgan fingerprint density at radius 1 is 1.39 bits per heavy atom. The number of rotatable bonds is 1. The number of ketones is 1. The van der Waals surface area contributed by atoms with Crippen molar-refractivity contribution < 1.29 is 14.4 Å². The van der Waals surface area contributed by atoms with Crippen molar-refractivity contribution >= 4 is 17.7 Å². The number of nitrogens with one attached hydrogen (secondary N) is 1. The molecule has 2 aliphatic rings. The normalized spacial score (nSPS) is 34.9. The van der Waals surface area contributed by atoms with Crippen LogP contribution in [0.3, 0.4) is 0 Å². The van der Waals surface area contributed by atoms with Gasteiger partial charge in [0.25, 0.3) is 5.91 Å². The summed E-state index contributed by atoms with van der Waals surface area (Å²) in [6.07, 6.45) is 3.01. The van der Waals surface area contributed by atoms with Crippen LogP contribution in [0.4, 0.5) is 4.79 Å².